The molecule has 0 atom stereocenters. The van der Waals surface area contributed by atoms with Crippen molar-refractivity contribution in [2.45, 2.75) is 0 Å². The van der Waals surface area contributed by atoms with Crippen LogP contribution in [0.5, 0.6) is 0 Å². The molecule has 1 aliphatic heterocycles. The van der Waals surface area contributed by atoms with E-state index in [4.69, 9.17) is 10.5 Å². The van der Waals surface area contributed by atoms with Gasteiger partial charge in [0.25, 0.3) is 0 Å². The van der Waals surface area contributed by atoms with Gasteiger partial charge in [0.2, 0.25) is 0 Å². The van der Waals surface area contributed by atoms with Crippen LogP contribution in [0.1, 0.15) is 0 Å². The lowest BCUT2D eigenvalue weighted by Gasteiger charge is -2.27. The van der Waals surface area contributed by atoms with E-state index in [2.05, 4.69) is 32.3 Å². The van der Waals surface area contributed by atoms with Crippen LogP contribution in [0.4, 0.5) is 5.82 Å². The number of hydrogen-bond acceptors (Lipinski definition) is 4. The van der Waals surface area contributed by atoms with Crippen LogP contribution in [-0.2, 0) is 4.74 Å². The fourth-order valence-electron chi connectivity index (χ4n) is 2.41. The fourth-order valence-corrected chi connectivity index (χ4v) is 2.41. The molecule has 116 valence electrons. The summed E-state index contributed by atoms with van der Waals surface area (Å²) in [6, 6.07) is 12.1. The number of nitrogens with zero attached hydrogens (tertiary/aromatic N) is 3. The first kappa shape index (κ1) is 14.6. The van der Waals surface area contributed by atoms with Crippen molar-refractivity contribution >= 4 is 22.7 Å². The standard InChI is InChI=1S/C16H21N5O/c17-16(21-9-11-22-12-10-21)19-8-7-18-15-6-5-13-3-1-2-4-14(13)20-15/h1-6H,7-12H2,(H2,17,19)(H,18,20). The number of benzene rings is 1. The number of para-hydroxylation sites is 1. The third kappa shape index (κ3) is 3.65. The van der Waals surface area contributed by atoms with Crippen LogP contribution >= 0.6 is 0 Å². The van der Waals surface area contributed by atoms with Crippen LogP contribution in [0.15, 0.2) is 41.4 Å². The van der Waals surface area contributed by atoms with E-state index in [9.17, 15) is 0 Å². The number of guanidine groups is 1. The van der Waals surface area contributed by atoms with Gasteiger partial charge >= 0.3 is 0 Å². The van der Waals surface area contributed by atoms with Gasteiger partial charge in [0.15, 0.2) is 5.96 Å². The van der Waals surface area contributed by atoms with Crippen molar-refractivity contribution in [3.05, 3.63) is 36.4 Å². The van der Waals surface area contributed by atoms with Crippen molar-refractivity contribution in [3.8, 4) is 0 Å². The minimum absolute atomic E-state index is 0.594. The smallest absolute Gasteiger partial charge is 0.191 e. The molecule has 0 aliphatic carbocycles. The molecular weight excluding hydrogens is 278 g/mol. The number of hydrogen-bond donors (Lipinski definition) is 2. The van der Waals surface area contributed by atoms with E-state index in [-0.39, 0.29) is 0 Å². The molecule has 0 amide bonds. The second-order valence-electron chi connectivity index (χ2n) is 5.16. The number of fused-ring (bicyclic) bond motifs is 1. The summed E-state index contributed by atoms with van der Waals surface area (Å²) in [6.45, 7) is 4.39. The summed E-state index contributed by atoms with van der Waals surface area (Å²) in [5, 5.41) is 4.42. The van der Waals surface area contributed by atoms with Gasteiger partial charge in [0, 0.05) is 25.0 Å². The Hall–Kier alpha value is -2.34. The zero-order valence-electron chi connectivity index (χ0n) is 12.5. The highest BCUT2D eigenvalue weighted by Crippen LogP contribution is 2.14. The Labute approximate surface area is 130 Å². The summed E-state index contributed by atoms with van der Waals surface area (Å²) < 4.78 is 5.30. The second-order valence-corrected chi connectivity index (χ2v) is 5.16. The molecule has 0 radical (unpaired) electrons. The fraction of sp³-hybridized carbons (Fsp3) is 0.375. The number of aromatic nitrogens is 1. The van der Waals surface area contributed by atoms with E-state index in [1.54, 1.807) is 0 Å². The Morgan fingerprint density at radius 2 is 2.05 bits per heavy atom. The van der Waals surface area contributed by atoms with E-state index < -0.39 is 0 Å². The number of ether oxygens (including phenoxy) is 1. The first-order valence-corrected chi connectivity index (χ1v) is 7.55. The van der Waals surface area contributed by atoms with Gasteiger partial charge in [0.05, 0.1) is 25.3 Å². The number of nitrogens with two attached hydrogens (primary N) is 1. The lowest BCUT2D eigenvalue weighted by Crippen LogP contribution is -2.45. The normalized spacial score (nSPS) is 16.0. The summed E-state index contributed by atoms with van der Waals surface area (Å²) in [5.74, 6) is 1.45. The molecule has 6 nitrogen and oxygen atoms in total. The van der Waals surface area contributed by atoms with Gasteiger partial charge < -0.3 is 20.7 Å². The predicted molar refractivity (Wildman–Crippen MR) is 89.1 cm³/mol. The van der Waals surface area contributed by atoms with E-state index >= 15 is 0 Å². The van der Waals surface area contributed by atoms with Crippen molar-refractivity contribution in [1.82, 2.24) is 9.88 Å². The third-order valence-electron chi connectivity index (χ3n) is 3.63. The Morgan fingerprint density at radius 1 is 1.23 bits per heavy atom. The van der Waals surface area contributed by atoms with Crippen molar-refractivity contribution < 1.29 is 4.74 Å². The molecule has 1 aromatic heterocycles. The molecular formula is C16H21N5O. The highest BCUT2D eigenvalue weighted by molar-refractivity contribution is 5.80. The molecule has 2 aromatic rings. The number of nitrogens with one attached hydrogen (secondary N) is 1. The molecule has 22 heavy (non-hydrogen) atoms. The highest BCUT2D eigenvalue weighted by atomic mass is 16.5. The summed E-state index contributed by atoms with van der Waals surface area (Å²) in [4.78, 5) is 11.0. The molecule has 0 unspecified atom stereocenters. The molecule has 1 saturated heterocycles. The van der Waals surface area contributed by atoms with Crippen LogP contribution in [0.2, 0.25) is 0 Å². The summed E-state index contributed by atoms with van der Waals surface area (Å²) in [5.41, 5.74) is 6.97. The van der Waals surface area contributed by atoms with Crippen molar-refractivity contribution in [2.24, 2.45) is 10.7 Å². The maximum atomic E-state index is 5.98. The Bertz CT molecular complexity index is 652. The van der Waals surface area contributed by atoms with Crippen LogP contribution in [0.25, 0.3) is 10.9 Å². The van der Waals surface area contributed by atoms with Gasteiger partial charge in [-0.25, -0.2) is 4.98 Å². The predicted octanol–water partition coefficient (Wildman–Crippen LogP) is 1.29. The zero-order chi connectivity index (χ0) is 15.2. The molecule has 3 N–H and O–H groups in total. The van der Waals surface area contributed by atoms with Crippen LogP contribution in [0, 0.1) is 0 Å². The van der Waals surface area contributed by atoms with Crippen molar-refractivity contribution in [1.29, 1.82) is 0 Å². The van der Waals surface area contributed by atoms with Crippen LogP contribution < -0.4 is 11.1 Å². The topological polar surface area (TPSA) is 75.8 Å². The largest absolute Gasteiger partial charge is 0.378 e. The van der Waals surface area contributed by atoms with Gasteiger partial charge in [-0.05, 0) is 18.2 Å². The average molecular weight is 299 g/mol. The lowest BCUT2D eigenvalue weighted by molar-refractivity contribution is 0.0674. The number of pyridine rings is 1. The first-order chi connectivity index (χ1) is 10.8. The van der Waals surface area contributed by atoms with Crippen molar-refractivity contribution in [3.63, 3.8) is 0 Å². The molecule has 0 spiro atoms. The lowest BCUT2D eigenvalue weighted by atomic mass is 10.2. The van der Waals surface area contributed by atoms with Gasteiger partial charge in [-0.2, -0.15) is 0 Å². The zero-order valence-corrected chi connectivity index (χ0v) is 12.5. The van der Waals surface area contributed by atoms with Gasteiger partial charge in [-0.3, -0.25) is 4.99 Å². The molecule has 0 bridgehead atoms. The molecule has 3 rings (SSSR count). The summed E-state index contributed by atoms with van der Waals surface area (Å²) >= 11 is 0. The van der Waals surface area contributed by atoms with Crippen LogP contribution in [-0.4, -0.2) is 55.2 Å². The first-order valence-electron chi connectivity index (χ1n) is 7.55. The molecule has 1 aliphatic rings. The number of morpholine rings is 1. The van der Waals surface area contributed by atoms with Crippen LogP contribution in [0.3, 0.4) is 0 Å². The summed E-state index contributed by atoms with van der Waals surface area (Å²) in [7, 11) is 0. The molecule has 2 heterocycles. The van der Waals surface area contributed by atoms with Crippen molar-refractivity contribution in [2.75, 3.05) is 44.7 Å². The monoisotopic (exact) mass is 299 g/mol. The Morgan fingerprint density at radius 3 is 2.91 bits per heavy atom. The number of rotatable bonds is 4. The molecule has 1 aromatic carbocycles. The van der Waals surface area contributed by atoms with E-state index in [0.29, 0.717) is 19.0 Å². The van der Waals surface area contributed by atoms with Gasteiger partial charge in [0.1, 0.15) is 5.82 Å². The average Bonchev–Trinajstić information content (AvgIpc) is 2.59. The third-order valence-corrected chi connectivity index (χ3v) is 3.63. The van der Waals surface area contributed by atoms with E-state index in [1.807, 2.05) is 24.3 Å². The van der Waals surface area contributed by atoms with Gasteiger partial charge in [-0.1, -0.05) is 18.2 Å². The number of aliphatic imine (C=N–C) groups is 1. The Balaban J connectivity index is 1.51. The molecule has 0 saturated carbocycles. The summed E-state index contributed by atoms with van der Waals surface area (Å²) in [6.07, 6.45) is 0. The molecule has 6 heteroatoms. The SMILES string of the molecule is NC(=NCCNc1ccc2ccccc2n1)N1CCOCC1. The Kier molecular flexibility index (Phi) is 4.70. The van der Waals surface area contributed by atoms with Gasteiger partial charge in [-0.15, -0.1) is 0 Å². The number of anilines is 1. The highest BCUT2D eigenvalue weighted by Gasteiger charge is 2.11. The van der Waals surface area contributed by atoms with E-state index in [0.717, 1.165) is 43.0 Å². The maximum Gasteiger partial charge on any atom is 0.191 e. The minimum Gasteiger partial charge on any atom is -0.378 e. The quantitative estimate of drug-likeness (QED) is 0.505. The van der Waals surface area contributed by atoms with E-state index in [1.165, 1.54) is 0 Å². The molecule has 1 fully saturated rings. The maximum absolute atomic E-state index is 5.98. The minimum atomic E-state index is 0.594. The second kappa shape index (κ2) is 7.09.